The van der Waals surface area contributed by atoms with Crippen molar-refractivity contribution < 1.29 is 4.79 Å². The lowest BCUT2D eigenvalue weighted by atomic mass is 10.0. The molecule has 0 aliphatic carbocycles. The van der Waals surface area contributed by atoms with Crippen molar-refractivity contribution in [3.05, 3.63) is 56.6 Å². The Hall–Kier alpha value is -1.88. The van der Waals surface area contributed by atoms with Gasteiger partial charge in [0.1, 0.15) is 0 Å². The van der Waals surface area contributed by atoms with Crippen molar-refractivity contribution in [2.45, 2.75) is 32.7 Å². The van der Waals surface area contributed by atoms with E-state index in [2.05, 4.69) is 24.4 Å². The molecule has 1 unspecified atom stereocenters. The maximum Gasteiger partial charge on any atom is 0.307 e. The van der Waals surface area contributed by atoms with Gasteiger partial charge in [0, 0.05) is 30.6 Å². The van der Waals surface area contributed by atoms with Crippen molar-refractivity contribution in [2.75, 3.05) is 6.54 Å². The van der Waals surface area contributed by atoms with E-state index in [-0.39, 0.29) is 16.7 Å². The van der Waals surface area contributed by atoms with Gasteiger partial charge in [-0.2, -0.15) is 0 Å². The van der Waals surface area contributed by atoms with E-state index in [1.165, 1.54) is 16.9 Å². The molecule has 5 heteroatoms. The number of amides is 1. The summed E-state index contributed by atoms with van der Waals surface area (Å²) >= 11 is 1.17. The van der Waals surface area contributed by atoms with Crippen molar-refractivity contribution in [3.63, 3.8) is 0 Å². The number of benzene rings is 1. The number of aromatic nitrogens is 1. The lowest BCUT2D eigenvalue weighted by molar-refractivity contribution is -0.121. The first-order valence-electron chi connectivity index (χ1n) is 7.04. The van der Waals surface area contributed by atoms with Gasteiger partial charge in [0.2, 0.25) is 5.91 Å². The Kier molecular flexibility index (Phi) is 5.33. The zero-order chi connectivity index (χ0) is 15.2. The highest BCUT2D eigenvalue weighted by atomic mass is 32.1. The van der Waals surface area contributed by atoms with Crippen LogP contribution < -0.4 is 10.2 Å². The lowest BCUT2D eigenvalue weighted by Crippen LogP contribution is -2.29. The normalized spacial score (nSPS) is 12.1. The molecule has 1 amide bonds. The number of nitrogens with zero attached hydrogens (tertiary/aromatic N) is 1. The minimum Gasteiger partial charge on any atom is -0.355 e. The highest BCUT2D eigenvalue weighted by Crippen LogP contribution is 2.13. The second kappa shape index (κ2) is 7.22. The number of carbonyl (C=O) groups excluding carboxylic acids is 1. The number of thiazole rings is 1. The zero-order valence-electron chi connectivity index (χ0n) is 12.3. The minimum atomic E-state index is -0.0183. The Labute approximate surface area is 128 Å². The van der Waals surface area contributed by atoms with Crippen LogP contribution in [0.2, 0.25) is 0 Å². The quantitative estimate of drug-likeness (QED) is 0.891. The maximum atomic E-state index is 11.9. The van der Waals surface area contributed by atoms with Crippen LogP contribution in [0.5, 0.6) is 0 Å². The predicted molar refractivity (Wildman–Crippen MR) is 85.8 cm³/mol. The second-order valence-electron chi connectivity index (χ2n) is 5.16. The average Bonchev–Trinajstić information content (AvgIpc) is 2.82. The fourth-order valence-electron chi connectivity index (χ4n) is 2.14. The Morgan fingerprint density at radius 3 is 2.67 bits per heavy atom. The molecule has 0 saturated heterocycles. The molecule has 0 radical (unpaired) electrons. The highest BCUT2D eigenvalue weighted by Gasteiger charge is 2.09. The molecule has 4 nitrogen and oxygen atoms in total. The molecule has 0 fully saturated rings. The summed E-state index contributed by atoms with van der Waals surface area (Å²) in [4.78, 5) is 23.4. The molecule has 1 heterocycles. The summed E-state index contributed by atoms with van der Waals surface area (Å²) < 4.78 is 1.64. The van der Waals surface area contributed by atoms with Gasteiger partial charge in [-0.1, -0.05) is 48.6 Å². The first kappa shape index (κ1) is 15.5. The zero-order valence-corrected chi connectivity index (χ0v) is 13.2. The van der Waals surface area contributed by atoms with Gasteiger partial charge in [-0.3, -0.25) is 9.59 Å². The molecule has 2 rings (SSSR count). The lowest BCUT2D eigenvalue weighted by Gasteiger charge is -2.13. The Morgan fingerprint density at radius 1 is 1.33 bits per heavy atom. The van der Waals surface area contributed by atoms with Gasteiger partial charge in [0.25, 0.3) is 0 Å². The Morgan fingerprint density at radius 2 is 2.05 bits per heavy atom. The van der Waals surface area contributed by atoms with Crippen LogP contribution in [-0.2, 0) is 11.3 Å². The van der Waals surface area contributed by atoms with E-state index in [9.17, 15) is 9.59 Å². The molecule has 0 aliphatic heterocycles. The molecular formula is C16H20N2O2S. The van der Waals surface area contributed by atoms with E-state index in [0.717, 1.165) is 5.69 Å². The van der Waals surface area contributed by atoms with E-state index in [4.69, 9.17) is 0 Å². The highest BCUT2D eigenvalue weighted by molar-refractivity contribution is 7.07. The largest absolute Gasteiger partial charge is 0.355 e. The van der Waals surface area contributed by atoms with Crippen LogP contribution in [0.1, 0.15) is 30.5 Å². The molecule has 21 heavy (non-hydrogen) atoms. The number of nitrogens with one attached hydrogen (secondary N) is 1. The van der Waals surface area contributed by atoms with Gasteiger partial charge in [-0.15, -0.1) is 0 Å². The first-order chi connectivity index (χ1) is 10.1. The van der Waals surface area contributed by atoms with Crippen molar-refractivity contribution in [1.29, 1.82) is 0 Å². The van der Waals surface area contributed by atoms with Crippen LogP contribution in [0.15, 0.2) is 40.5 Å². The SMILES string of the molecule is Cc1csc(=O)n1CCC(=O)NCC(C)c1ccccc1. The Bertz CT molecular complexity index is 646. The van der Waals surface area contributed by atoms with Crippen LogP contribution >= 0.6 is 11.3 Å². The fraction of sp³-hybridized carbons (Fsp3) is 0.375. The molecule has 0 spiro atoms. The molecule has 112 valence electrons. The molecule has 0 saturated carbocycles. The number of rotatable bonds is 6. The average molecular weight is 304 g/mol. The predicted octanol–water partition coefficient (Wildman–Crippen LogP) is 2.53. The van der Waals surface area contributed by atoms with Gasteiger partial charge in [0.05, 0.1) is 0 Å². The van der Waals surface area contributed by atoms with Crippen molar-refractivity contribution >= 4 is 17.2 Å². The summed E-state index contributed by atoms with van der Waals surface area (Å²) in [5.74, 6) is 0.260. The van der Waals surface area contributed by atoms with Crippen molar-refractivity contribution in [1.82, 2.24) is 9.88 Å². The molecular weight excluding hydrogens is 284 g/mol. The van der Waals surface area contributed by atoms with E-state index in [0.29, 0.717) is 19.5 Å². The summed E-state index contributed by atoms with van der Waals surface area (Å²) in [5.41, 5.74) is 2.12. The summed E-state index contributed by atoms with van der Waals surface area (Å²) in [6.45, 7) is 5.02. The molecule has 1 atom stereocenters. The van der Waals surface area contributed by atoms with Crippen molar-refractivity contribution in [2.24, 2.45) is 0 Å². The molecule has 1 aromatic carbocycles. The standard InChI is InChI=1S/C16H20N2O2S/c1-12(14-6-4-3-5-7-14)10-17-15(19)8-9-18-13(2)11-21-16(18)20/h3-7,11-12H,8-10H2,1-2H3,(H,17,19). The molecule has 2 aromatic rings. The third-order valence-corrected chi connectivity index (χ3v) is 4.39. The number of hydrogen-bond donors (Lipinski definition) is 1. The van der Waals surface area contributed by atoms with Gasteiger partial charge in [-0.25, -0.2) is 0 Å². The van der Waals surface area contributed by atoms with Gasteiger partial charge in [-0.05, 0) is 18.4 Å². The van der Waals surface area contributed by atoms with Gasteiger partial charge >= 0.3 is 4.87 Å². The van der Waals surface area contributed by atoms with Gasteiger partial charge < -0.3 is 9.88 Å². The van der Waals surface area contributed by atoms with Crippen LogP contribution in [0.4, 0.5) is 0 Å². The molecule has 1 aromatic heterocycles. The first-order valence-corrected chi connectivity index (χ1v) is 7.92. The van der Waals surface area contributed by atoms with E-state index >= 15 is 0 Å². The second-order valence-corrected chi connectivity index (χ2v) is 5.98. The van der Waals surface area contributed by atoms with E-state index < -0.39 is 0 Å². The van der Waals surface area contributed by atoms with E-state index in [1.54, 1.807) is 4.57 Å². The molecule has 1 N–H and O–H groups in total. The van der Waals surface area contributed by atoms with Crippen LogP contribution in [0, 0.1) is 6.92 Å². The minimum absolute atomic E-state index is 0.00189. The summed E-state index contributed by atoms with van der Waals surface area (Å²) in [6.07, 6.45) is 0.332. The van der Waals surface area contributed by atoms with Crippen LogP contribution in [0.25, 0.3) is 0 Å². The molecule has 0 bridgehead atoms. The van der Waals surface area contributed by atoms with Crippen molar-refractivity contribution in [3.8, 4) is 0 Å². The monoisotopic (exact) mass is 304 g/mol. The summed E-state index contributed by atoms with van der Waals surface area (Å²) in [6, 6.07) is 10.1. The third-order valence-electron chi connectivity index (χ3n) is 3.51. The summed E-state index contributed by atoms with van der Waals surface area (Å²) in [5, 5.41) is 4.75. The number of hydrogen-bond acceptors (Lipinski definition) is 3. The number of carbonyl (C=O) groups is 1. The topological polar surface area (TPSA) is 51.1 Å². The van der Waals surface area contributed by atoms with Gasteiger partial charge in [0.15, 0.2) is 0 Å². The Balaban J connectivity index is 1.79. The fourth-order valence-corrected chi connectivity index (χ4v) is 2.90. The maximum absolute atomic E-state index is 11.9. The van der Waals surface area contributed by atoms with E-state index in [1.807, 2.05) is 30.5 Å². The summed E-state index contributed by atoms with van der Waals surface area (Å²) in [7, 11) is 0. The van der Waals surface area contributed by atoms with Crippen LogP contribution in [0.3, 0.4) is 0 Å². The molecule has 0 aliphatic rings. The van der Waals surface area contributed by atoms with Crippen LogP contribution in [-0.4, -0.2) is 17.0 Å². The smallest absolute Gasteiger partial charge is 0.307 e. The number of aryl methyl sites for hydroxylation is 1. The third kappa shape index (κ3) is 4.29.